The van der Waals surface area contributed by atoms with E-state index in [4.69, 9.17) is 0 Å². The minimum Gasteiger partial charge on any atom is -0.255 e. The van der Waals surface area contributed by atoms with E-state index in [2.05, 4.69) is 23.1 Å². The molecule has 0 amide bonds. The molecular weight excluding hydrogens is 318 g/mol. The first-order chi connectivity index (χ1) is 7.83. The summed E-state index contributed by atoms with van der Waals surface area (Å²) in [6, 6.07) is 7.74. The molecule has 17 heavy (non-hydrogen) atoms. The molecule has 2 rings (SSSR count). The van der Waals surface area contributed by atoms with Crippen LogP contribution in [0.2, 0.25) is 0 Å². The van der Waals surface area contributed by atoms with E-state index in [1.165, 1.54) is 0 Å². The Balaban J connectivity index is 0.00000144. The van der Waals surface area contributed by atoms with Crippen molar-refractivity contribution in [1.82, 2.24) is 9.97 Å². The summed E-state index contributed by atoms with van der Waals surface area (Å²) < 4.78 is 0. The first-order valence-electron chi connectivity index (χ1n) is 5.01. The van der Waals surface area contributed by atoms with Crippen LogP contribution in [-0.4, -0.2) is 34.4 Å². The summed E-state index contributed by atoms with van der Waals surface area (Å²) in [4.78, 5) is 8.58. The molecule has 0 aromatic carbocycles. The molecule has 0 spiro atoms. The molecule has 0 unspecified atom stereocenters. The average molecular weight is 330 g/mol. The van der Waals surface area contributed by atoms with Gasteiger partial charge in [-0.15, -0.1) is 0 Å². The molecule has 0 aliphatic carbocycles. The summed E-state index contributed by atoms with van der Waals surface area (Å²) in [7, 11) is 0. The molecule has 0 aliphatic rings. The standard InChI is InChI=1S/C14H12N2.Sb/c1-3-11-5-7-15-13(9-11)14-10-12(4-2)6-8-16-14;/h3-10H,1-2H2;. The van der Waals surface area contributed by atoms with Gasteiger partial charge >= 0.3 is 0 Å². The van der Waals surface area contributed by atoms with Crippen molar-refractivity contribution in [2.45, 2.75) is 0 Å². The number of hydrogen-bond donors (Lipinski definition) is 0. The van der Waals surface area contributed by atoms with Crippen molar-refractivity contribution in [3.8, 4) is 11.4 Å². The Morgan fingerprint density at radius 3 is 1.59 bits per heavy atom. The van der Waals surface area contributed by atoms with Gasteiger partial charge < -0.3 is 0 Å². The molecule has 3 heteroatoms. The van der Waals surface area contributed by atoms with Gasteiger partial charge in [-0.1, -0.05) is 25.3 Å². The van der Waals surface area contributed by atoms with Crippen molar-refractivity contribution in [3.63, 3.8) is 0 Å². The zero-order valence-corrected chi connectivity index (χ0v) is 11.9. The summed E-state index contributed by atoms with van der Waals surface area (Å²) in [6.07, 6.45) is 7.11. The van der Waals surface area contributed by atoms with Gasteiger partial charge in [0.25, 0.3) is 0 Å². The number of pyridine rings is 2. The maximum absolute atomic E-state index is 4.29. The Morgan fingerprint density at radius 1 is 0.824 bits per heavy atom. The molecule has 0 N–H and O–H groups in total. The van der Waals surface area contributed by atoms with Crippen molar-refractivity contribution in [1.29, 1.82) is 0 Å². The number of aromatic nitrogens is 2. The molecule has 0 fully saturated rings. The monoisotopic (exact) mass is 329 g/mol. The third-order valence-electron chi connectivity index (χ3n) is 2.30. The zero-order valence-electron chi connectivity index (χ0n) is 9.37. The third-order valence-corrected chi connectivity index (χ3v) is 2.30. The minimum absolute atomic E-state index is 0. The summed E-state index contributed by atoms with van der Waals surface area (Å²) >= 11 is 0. The first-order valence-corrected chi connectivity index (χ1v) is 5.01. The van der Waals surface area contributed by atoms with Crippen LogP contribution in [0.25, 0.3) is 23.5 Å². The van der Waals surface area contributed by atoms with E-state index in [1.807, 2.05) is 24.3 Å². The largest absolute Gasteiger partial charge is 0.255 e. The maximum Gasteiger partial charge on any atom is 0.0892 e. The van der Waals surface area contributed by atoms with Gasteiger partial charge in [-0.3, -0.25) is 9.97 Å². The van der Waals surface area contributed by atoms with Gasteiger partial charge in [0.2, 0.25) is 0 Å². The number of rotatable bonds is 3. The van der Waals surface area contributed by atoms with Gasteiger partial charge in [0, 0.05) is 36.8 Å². The summed E-state index contributed by atoms with van der Waals surface area (Å²) in [5.41, 5.74) is 3.77. The van der Waals surface area contributed by atoms with Crippen molar-refractivity contribution >= 4 is 36.6 Å². The quantitative estimate of drug-likeness (QED) is 0.809. The van der Waals surface area contributed by atoms with Crippen LogP contribution in [0.1, 0.15) is 11.1 Å². The topological polar surface area (TPSA) is 25.8 Å². The predicted molar refractivity (Wildman–Crippen MR) is 73.4 cm³/mol. The molecule has 2 nitrogen and oxygen atoms in total. The SMILES string of the molecule is C=Cc1ccnc(-c2cc(C=C)ccn2)c1.[Sb]. The van der Waals surface area contributed by atoms with Gasteiger partial charge in [0.15, 0.2) is 0 Å². The second-order valence-electron chi connectivity index (χ2n) is 3.36. The minimum atomic E-state index is 0. The van der Waals surface area contributed by atoms with Crippen molar-refractivity contribution in [2.75, 3.05) is 0 Å². The van der Waals surface area contributed by atoms with Gasteiger partial charge in [-0.2, -0.15) is 0 Å². The van der Waals surface area contributed by atoms with E-state index < -0.39 is 0 Å². The van der Waals surface area contributed by atoms with Crippen LogP contribution in [0, 0.1) is 0 Å². The fraction of sp³-hybridized carbons (Fsp3) is 0. The Labute approximate surface area is 119 Å². The van der Waals surface area contributed by atoms with Crippen LogP contribution in [0.5, 0.6) is 0 Å². The van der Waals surface area contributed by atoms with Gasteiger partial charge in [0.1, 0.15) is 0 Å². The van der Waals surface area contributed by atoms with Gasteiger partial charge in [0.05, 0.1) is 11.4 Å². The smallest absolute Gasteiger partial charge is 0.0892 e. The molecular formula is C14H12N2Sb. The molecule has 2 heterocycles. The molecule has 83 valence electrons. The van der Waals surface area contributed by atoms with Gasteiger partial charge in [-0.05, 0) is 35.4 Å². The summed E-state index contributed by atoms with van der Waals surface area (Å²) in [6.45, 7) is 7.47. The van der Waals surface area contributed by atoms with Crippen LogP contribution in [-0.2, 0) is 0 Å². The van der Waals surface area contributed by atoms with Crippen LogP contribution >= 0.6 is 0 Å². The Hall–Kier alpha value is -1.40. The van der Waals surface area contributed by atoms with E-state index in [0.717, 1.165) is 22.5 Å². The van der Waals surface area contributed by atoms with Crippen LogP contribution < -0.4 is 0 Å². The van der Waals surface area contributed by atoms with Crippen LogP contribution in [0.4, 0.5) is 0 Å². The fourth-order valence-corrected chi connectivity index (χ4v) is 1.43. The Morgan fingerprint density at radius 2 is 1.24 bits per heavy atom. The number of nitrogens with zero attached hydrogens (tertiary/aromatic N) is 2. The predicted octanol–water partition coefficient (Wildman–Crippen LogP) is 3.05. The zero-order chi connectivity index (χ0) is 11.4. The van der Waals surface area contributed by atoms with E-state index in [0.29, 0.717) is 0 Å². The van der Waals surface area contributed by atoms with Gasteiger partial charge in [-0.25, -0.2) is 0 Å². The van der Waals surface area contributed by atoms with Crippen molar-refractivity contribution < 1.29 is 0 Å². The first kappa shape index (κ1) is 13.7. The average Bonchev–Trinajstić information content (AvgIpc) is 2.39. The molecule has 0 atom stereocenters. The van der Waals surface area contributed by atoms with Crippen LogP contribution in [0.15, 0.2) is 49.8 Å². The van der Waals surface area contributed by atoms with E-state index >= 15 is 0 Å². The molecule has 2 aromatic rings. The van der Waals surface area contributed by atoms with Crippen LogP contribution in [0.3, 0.4) is 0 Å². The fourth-order valence-electron chi connectivity index (χ4n) is 1.43. The summed E-state index contributed by atoms with van der Waals surface area (Å²) in [5.74, 6) is 0. The molecule has 2 aromatic heterocycles. The van der Waals surface area contributed by atoms with E-state index in [-0.39, 0.29) is 24.4 Å². The Kier molecular flexibility index (Phi) is 5.11. The summed E-state index contributed by atoms with van der Waals surface area (Å²) in [5, 5.41) is 0. The second-order valence-corrected chi connectivity index (χ2v) is 3.36. The molecule has 0 saturated carbocycles. The molecule has 0 saturated heterocycles. The van der Waals surface area contributed by atoms with E-state index in [1.54, 1.807) is 24.5 Å². The van der Waals surface area contributed by atoms with Crippen molar-refractivity contribution in [3.05, 3.63) is 60.9 Å². The number of hydrogen-bond acceptors (Lipinski definition) is 2. The Bertz CT molecular complexity index is 486. The normalized spacial score (nSPS) is 9.18. The maximum atomic E-state index is 4.29. The second kappa shape index (κ2) is 6.36. The van der Waals surface area contributed by atoms with Crippen molar-refractivity contribution in [2.24, 2.45) is 0 Å². The molecule has 0 bridgehead atoms. The van der Waals surface area contributed by atoms with E-state index in [9.17, 15) is 0 Å². The molecule has 0 aliphatic heterocycles. The third kappa shape index (κ3) is 3.27. The molecule has 3 radical (unpaired) electrons.